The van der Waals surface area contributed by atoms with Gasteiger partial charge in [0.05, 0.1) is 19.3 Å². The van der Waals surface area contributed by atoms with Gasteiger partial charge in [-0.2, -0.15) is 5.10 Å². The van der Waals surface area contributed by atoms with Gasteiger partial charge in [0.1, 0.15) is 0 Å². The molecule has 2 N–H and O–H groups in total. The summed E-state index contributed by atoms with van der Waals surface area (Å²) in [5.41, 5.74) is 1.21. The van der Waals surface area contributed by atoms with E-state index in [2.05, 4.69) is 17.3 Å². The van der Waals surface area contributed by atoms with Crippen LogP contribution in [0.1, 0.15) is 38.2 Å². The number of aromatic nitrogens is 2. The maximum absolute atomic E-state index is 8.81. The van der Waals surface area contributed by atoms with Gasteiger partial charge in [-0.3, -0.25) is 4.68 Å². The van der Waals surface area contributed by atoms with Crippen molar-refractivity contribution >= 4 is 0 Å². The van der Waals surface area contributed by atoms with Crippen molar-refractivity contribution in [2.75, 3.05) is 6.61 Å². The zero-order chi connectivity index (χ0) is 12.1. The zero-order valence-corrected chi connectivity index (χ0v) is 10.6. The van der Waals surface area contributed by atoms with Crippen molar-refractivity contribution < 1.29 is 5.11 Å². The first kappa shape index (κ1) is 12.6. The Bertz CT molecular complexity index is 329. The second kappa shape index (κ2) is 6.17. The molecule has 0 saturated heterocycles. The highest BCUT2D eigenvalue weighted by atomic mass is 16.3. The van der Waals surface area contributed by atoms with Crippen molar-refractivity contribution in [2.24, 2.45) is 5.92 Å². The van der Waals surface area contributed by atoms with Crippen LogP contribution in [0.4, 0.5) is 0 Å². The molecule has 1 aromatic heterocycles. The maximum atomic E-state index is 8.81. The predicted octanol–water partition coefficient (Wildman–Crippen LogP) is 1.54. The van der Waals surface area contributed by atoms with E-state index in [1.165, 1.54) is 31.2 Å². The first-order chi connectivity index (χ1) is 8.28. The fourth-order valence-corrected chi connectivity index (χ4v) is 2.45. The SMILES string of the molecule is CC1CCC(NCc2cnn(CCO)c2)CC1. The summed E-state index contributed by atoms with van der Waals surface area (Å²) in [5, 5.41) is 16.6. The van der Waals surface area contributed by atoms with Crippen LogP contribution in [0.5, 0.6) is 0 Å². The summed E-state index contributed by atoms with van der Waals surface area (Å²) in [7, 11) is 0. The second-order valence-corrected chi connectivity index (χ2v) is 5.17. The number of nitrogens with one attached hydrogen (secondary N) is 1. The van der Waals surface area contributed by atoms with E-state index in [9.17, 15) is 0 Å². The van der Waals surface area contributed by atoms with Crippen molar-refractivity contribution in [1.29, 1.82) is 0 Å². The summed E-state index contributed by atoms with van der Waals surface area (Å²) in [6.45, 7) is 3.97. The lowest BCUT2D eigenvalue weighted by Gasteiger charge is -2.26. The molecule has 4 heteroatoms. The molecule has 0 aromatic carbocycles. The van der Waals surface area contributed by atoms with E-state index >= 15 is 0 Å². The quantitative estimate of drug-likeness (QED) is 0.817. The summed E-state index contributed by atoms with van der Waals surface area (Å²) in [4.78, 5) is 0. The van der Waals surface area contributed by atoms with Gasteiger partial charge in [0.25, 0.3) is 0 Å². The van der Waals surface area contributed by atoms with E-state index in [-0.39, 0.29) is 6.61 Å². The van der Waals surface area contributed by atoms with Gasteiger partial charge >= 0.3 is 0 Å². The largest absolute Gasteiger partial charge is 0.394 e. The van der Waals surface area contributed by atoms with E-state index in [0.717, 1.165) is 12.5 Å². The van der Waals surface area contributed by atoms with E-state index in [1.54, 1.807) is 4.68 Å². The van der Waals surface area contributed by atoms with Crippen molar-refractivity contribution in [2.45, 2.75) is 51.7 Å². The first-order valence-electron chi connectivity index (χ1n) is 6.63. The standard InChI is InChI=1S/C13H23N3O/c1-11-2-4-13(5-3-11)14-8-12-9-15-16(10-12)6-7-17/h9-11,13-14,17H,2-8H2,1H3. The number of aliphatic hydroxyl groups is 1. The van der Waals surface area contributed by atoms with Gasteiger partial charge in [-0.25, -0.2) is 0 Å². The highest BCUT2D eigenvalue weighted by Gasteiger charge is 2.17. The molecule has 1 aliphatic carbocycles. The van der Waals surface area contributed by atoms with Crippen molar-refractivity contribution in [1.82, 2.24) is 15.1 Å². The van der Waals surface area contributed by atoms with Crippen molar-refractivity contribution in [3.8, 4) is 0 Å². The maximum Gasteiger partial charge on any atom is 0.0640 e. The number of aliphatic hydroxyl groups excluding tert-OH is 1. The third-order valence-electron chi connectivity index (χ3n) is 3.63. The highest BCUT2D eigenvalue weighted by molar-refractivity contribution is 5.03. The van der Waals surface area contributed by atoms with Crippen molar-refractivity contribution in [3.63, 3.8) is 0 Å². The van der Waals surface area contributed by atoms with Crippen LogP contribution in [0.25, 0.3) is 0 Å². The Morgan fingerprint density at radius 2 is 2.18 bits per heavy atom. The lowest BCUT2D eigenvalue weighted by atomic mass is 9.87. The Labute approximate surface area is 103 Å². The molecule has 1 fully saturated rings. The molecule has 2 rings (SSSR count). The van der Waals surface area contributed by atoms with Crippen molar-refractivity contribution in [3.05, 3.63) is 18.0 Å². The molecule has 0 aliphatic heterocycles. The summed E-state index contributed by atoms with van der Waals surface area (Å²) in [5.74, 6) is 0.903. The van der Waals surface area contributed by atoms with Crippen LogP contribution in [0.3, 0.4) is 0 Å². The van der Waals surface area contributed by atoms with Crippen LogP contribution in [0, 0.1) is 5.92 Å². The molecule has 0 amide bonds. The lowest BCUT2D eigenvalue weighted by molar-refractivity contribution is 0.269. The molecule has 1 aliphatic rings. The van der Waals surface area contributed by atoms with E-state index in [4.69, 9.17) is 5.11 Å². The van der Waals surface area contributed by atoms with E-state index in [0.29, 0.717) is 12.6 Å². The molecule has 0 atom stereocenters. The Hall–Kier alpha value is -0.870. The molecule has 96 valence electrons. The smallest absolute Gasteiger partial charge is 0.0640 e. The highest BCUT2D eigenvalue weighted by Crippen LogP contribution is 2.23. The van der Waals surface area contributed by atoms with Crippen LogP contribution >= 0.6 is 0 Å². The number of hydrogen-bond acceptors (Lipinski definition) is 3. The molecular weight excluding hydrogens is 214 g/mol. The van der Waals surface area contributed by atoms with Gasteiger partial charge in [0, 0.05) is 24.3 Å². The van der Waals surface area contributed by atoms with E-state index < -0.39 is 0 Å². The zero-order valence-electron chi connectivity index (χ0n) is 10.6. The van der Waals surface area contributed by atoms with Gasteiger partial charge in [-0.1, -0.05) is 6.92 Å². The monoisotopic (exact) mass is 237 g/mol. The second-order valence-electron chi connectivity index (χ2n) is 5.17. The molecule has 0 spiro atoms. The van der Waals surface area contributed by atoms with E-state index in [1.807, 2.05) is 12.4 Å². The minimum atomic E-state index is 0.148. The number of rotatable bonds is 5. The molecule has 1 aromatic rings. The fourth-order valence-electron chi connectivity index (χ4n) is 2.45. The molecule has 1 heterocycles. The molecule has 1 saturated carbocycles. The van der Waals surface area contributed by atoms with Crippen LogP contribution in [-0.4, -0.2) is 27.5 Å². The molecule has 0 radical (unpaired) electrons. The number of nitrogens with zero attached hydrogens (tertiary/aromatic N) is 2. The van der Waals surface area contributed by atoms with Crippen LogP contribution in [0.2, 0.25) is 0 Å². The third-order valence-corrected chi connectivity index (χ3v) is 3.63. The summed E-state index contributed by atoms with van der Waals surface area (Å²) in [6, 6.07) is 0.674. The molecule has 0 unspecified atom stereocenters. The van der Waals surface area contributed by atoms with Crippen LogP contribution < -0.4 is 5.32 Å². The number of hydrogen-bond donors (Lipinski definition) is 2. The normalized spacial score (nSPS) is 25.1. The summed E-state index contributed by atoms with van der Waals surface area (Å²) in [6.07, 6.45) is 9.18. The Morgan fingerprint density at radius 3 is 2.88 bits per heavy atom. The molecule has 4 nitrogen and oxygen atoms in total. The average Bonchev–Trinajstić information content (AvgIpc) is 2.77. The average molecular weight is 237 g/mol. The fraction of sp³-hybridized carbons (Fsp3) is 0.769. The predicted molar refractivity (Wildman–Crippen MR) is 67.6 cm³/mol. The Morgan fingerprint density at radius 1 is 1.41 bits per heavy atom. The van der Waals surface area contributed by atoms with Gasteiger partial charge in [0.2, 0.25) is 0 Å². The van der Waals surface area contributed by atoms with Gasteiger partial charge in [0.15, 0.2) is 0 Å². The topological polar surface area (TPSA) is 50.1 Å². The van der Waals surface area contributed by atoms with Crippen LogP contribution in [0.15, 0.2) is 12.4 Å². The molecule has 0 bridgehead atoms. The Kier molecular flexibility index (Phi) is 4.57. The molecular formula is C13H23N3O. The van der Waals surface area contributed by atoms with Gasteiger partial charge < -0.3 is 10.4 Å². The third kappa shape index (κ3) is 3.82. The first-order valence-corrected chi connectivity index (χ1v) is 6.63. The molecule has 17 heavy (non-hydrogen) atoms. The minimum absolute atomic E-state index is 0.148. The lowest BCUT2D eigenvalue weighted by Crippen LogP contribution is -2.32. The Balaban J connectivity index is 1.73. The minimum Gasteiger partial charge on any atom is -0.394 e. The van der Waals surface area contributed by atoms with Gasteiger partial charge in [-0.15, -0.1) is 0 Å². The van der Waals surface area contributed by atoms with Gasteiger partial charge in [-0.05, 0) is 31.6 Å². The van der Waals surface area contributed by atoms with Crippen LogP contribution in [-0.2, 0) is 13.1 Å². The summed E-state index contributed by atoms with van der Waals surface area (Å²) >= 11 is 0. The summed E-state index contributed by atoms with van der Waals surface area (Å²) < 4.78 is 1.79.